The van der Waals surface area contributed by atoms with Crippen molar-refractivity contribution in [1.82, 2.24) is 4.57 Å². The van der Waals surface area contributed by atoms with Crippen LogP contribution in [0.25, 0.3) is 0 Å². The number of hydrogen-bond donors (Lipinski definition) is 1. The zero-order chi connectivity index (χ0) is 19.4. The van der Waals surface area contributed by atoms with Crippen molar-refractivity contribution in [2.45, 2.75) is 26.8 Å². The number of carbonyl (C=O) groups excluding carboxylic acids is 2. The lowest BCUT2D eigenvalue weighted by Crippen LogP contribution is -2.17. The molecule has 0 aliphatic rings. The van der Waals surface area contributed by atoms with E-state index in [1.165, 1.54) is 4.88 Å². The van der Waals surface area contributed by atoms with Gasteiger partial charge in [-0.15, -0.1) is 11.3 Å². The lowest BCUT2D eigenvalue weighted by Gasteiger charge is -2.10. The summed E-state index contributed by atoms with van der Waals surface area (Å²) in [6.45, 7) is 4.64. The van der Waals surface area contributed by atoms with Crippen LogP contribution in [0.1, 0.15) is 37.0 Å². The zero-order valence-corrected chi connectivity index (χ0v) is 16.2. The highest BCUT2D eigenvalue weighted by Gasteiger charge is 2.17. The van der Waals surface area contributed by atoms with Gasteiger partial charge in [0.25, 0.3) is 5.91 Å². The molecule has 0 radical (unpaired) electrons. The fourth-order valence-electron chi connectivity index (χ4n) is 3.12. The van der Waals surface area contributed by atoms with Gasteiger partial charge in [-0.2, -0.15) is 0 Å². The smallest absolute Gasteiger partial charge is 0.252 e. The van der Waals surface area contributed by atoms with Crippen LogP contribution in [-0.2, 0) is 13.0 Å². The van der Waals surface area contributed by atoms with Crippen molar-refractivity contribution in [3.63, 3.8) is 0 Å². The highest BCUT2D eigenvalue weighted by Crippen LogP contribution is 2.20. The van der Waals surface area contributed by atoms with Gasteiger partial charge in [-0.25, -0.2) is 0 Å². The van der Waals surface area contributed by atoms with Crippen LogP contribution in [0.3, 0.4) is 0 Å². The molecule has 0 bridgehead atoms. The molecule has 0 unspecified atom stereocenters. The van der Waals surface area contributed by atoms with Gasteiger partial charge in [-0.3, -0.25) is 9.59 Å². The average Bonchev–Trinajstić information content (AvgIpc) is 3.26. The summed E-state index contributed by atoms with van der Waals surface area (Å²) in [6.07, 6.45) is 0.935. The Kier molecular flexibility index (Phi) is 5.76. The van der Waals surface area contributed by atoms with Crippen molar-refractivity contribution < 1.29 is 14.3 Å². The van der Waals surface area contributed by atoms with Gasteiger partial charge >= 0.3 is 0 Å². The van der Waals surface area contributed by atoms with Crippen LogP contribution >= 0.6 is 11.3 Å². The van der Waals surface area contributed by atoms with Gasteiger partial charge in [-0.05, 0) is 49.9 Å². The number of aryl methyl sites for hydroxylation is 2. The molecule has 3 aromatic rings. The molecule has 0 saturated heterocycles. The molecule has 0 spiro atoms. The molecular formula is C21H22N2O3S. The molecule has 0 saturated carbocycles. The fourth-order valence-corrected chi connectivity index (χ4v) is 3.82. The third-order valence-electron chi connectivity index (χ3n) is 4.55. The molecule has 1 aromatic carbocycles. The number of amides is 1. The van der Waals surface area contributed by atoms with E-state index in [1.54, 1.807) is 35.6 Å². The molecule has 0 aliphatic carbocycles. The molecule has 0 fully saturated rings. The normalized spacial score (nSPS) is 10.7. The lowest BCUT2D eigenvalue weighted by atomic mass is 10.1. The van der Waals surface area contributed by atoms with Gasteiger partial charge < -0.3 is 15.0 Å². The first-order chi connectivity index (χ1) is 13.0. The SMILES string of the molecule is Cc1cc(C(=O)COc2ccccc2C(N)=O)c(C)n1CCc1cccs1. The van der Waals surface area contributed by atoms with E-state index in [0.717, 1.165) is 24.4 Å². The Morgan fingerprint density at radius 3 is 2.59 bits per heavy atom. The number of hydrogen-bond acceptors (Lipinski definition) is 4. The van der Waals surface area contributed by atoms with E-state index in [2.05, 4.69) is 16.0 Å². The first kappa shape index (κ1) is 18.9. The Labute approximate surface area is 162 Å². The van der Waals surface area contributed by atoms with Crippen LogP contribution in [0.2, 0.25) is 0 Å². The van der Waals surface area contributed by atoms with Crippen LogP contribution in [-0.4, -0.2) is 22.9 Å². The minimum Gasteiger partial charge on any atom is -0.485 e. The fraction of sp³-hybridized carbons (Fsp3) is 0.238. The molecule has 0 atom stereocenters. The number of ketones is 1. The first-order valence-electron chi connectivity index (χ1n) is 8.71. The number of benzene rings is 1. The maximum Gasteiger partial charge on any atom is 0.252 e. The molecule has 27 heavy (non-hydrogen) atoms. The predicted octanol–water partition coefficient (Wildman–Crippen LogP) is 3.77. The minimum absolute atomic E-state index is 0.121. The molecule has 2 aromatic heterocycles. The molecule has 2 heterocycles. The van der Waals surface area contributed by atoms with Crippen molar-refractivity contribution in [1.29, 1.82) is 0 Å². The van der Waals surface area contributed by atoms with Crippen LogP contribution in [0.4, 0.5) is 0 Å². The molecular weight excluding hydrogens is 360 g/mol. The summed E-state index contributed by atoms with van der Waals surface area (Å²) < 4.78 is 7.74. The molecule has 3 rings (SSSR count). The number of carbonyl (C=O) groups is 2. The number of aromatic nitrogens is 1. The summed E-state index contributed by atoms with van der Waals surface area (Å²) in [5.41, 5.74) is 8.24. The van der Waals surface area contributed by atoms with Crippen LogP contribution in [0, 0.1) is 13.8 Å². The second-order valence-electron chi connectivity index (χ2n) is 6.34. The summed E-state index contributed by atoms with van der Waals surface area (Å²) in [6, 6.07) is 12.7. The van der Waals surface area contributed by atoms with Crippen LogP contribution in [0.15, 0.2) is 47.8 Å². The van der Waals surface area contributed by atoms with Crippen molar-refractivity contribution in [3.8, 4) is 5.75 Å². The quantitative estimate of drug-likeness (QED) is 0.603. The monoisotopic (exact) mass is 382 g/mol. The highest BCUT2D eigenvalue weighted by atomic mass is 32.1. The number of thiophene rings is 1. The van der Waals surface area contributed by atoms with Crippen molar-refractivity contribution in [2.75, 3.05) is 6.61 Å². The van der Waals surface area contributed by atoms with E-state index in [-0.39, 0.29) is 18.0 Å². The van der Waals surface area contributed by atoms with Crippen LogP contribution in [0.5, 0.6) is 5.75 Å². The van der Waals surface area contributed by atoms with Crippen molar-refractivity contribution in [3.05, 3.63) is 75.2 Å². The molecule has 1 amide bonds. The van der Waals surface area contributed by atoms with Gasteiger partial charge in [0.05, 0.1) is 5.56 Å². The predicted molar refractivity (Wildman–Crippen MR) is 107 cm³/mol. The lowest BCUT2D eigenvalue weighted by molar-refractivity contribution is 0.0911. The number of nitrogens with zero attached hydrogens (tertiary/aromatic N) is 1. The van der Waals surface area contributed by atoms with E-state index in [4.69, 9.17) is 10.5 Å². The number of Topliss-reactive ketones (excluding diaryl/α,β-unsaturated/α-hetero) is 1. The Bertz CT molecular complexity index is 958. The Morgan fingerprint density at radius 2 is 1.89 bits per heavy atom. The maximum atomic E-state index is 12.7. The summed E-state index contributed by atoms with van der Waals surface area (Å²) in [5.74, 6) is -0.376. The van der Waals surface area contributed by atoms with E-state index in [0.29, 0.717) is 11.3 Å². The van der Waals surface area contributed by atoms with Crippen molar-refractivity contribution >= 4 is 23.0 Å². The minimum atomic E-state index is -0.579. The third-order valence-corrected chi connectivity index (χ3v) is 5.48. The van der Waals surface area contributed by atoms with Crippen molar-refractivity contribution in [2.24, 2.45) is 5.73 Å². The average molecular weight is 382 g/mol. The Balaban J connectivity index is 1.70. The largest absolute Gasteiger partial charge is 0.485 e. The van der Waals surface area contributed by atoms with Crippen LogP contribution < -0.4 is 10.5 Å². The van der Waals surface area contributed by atoms with Gasteiger partial charge in [-0.1, -0.05) is 18.2 Å². The summed E-state index contributed by atoms with van der Waals surface area (Å²) >= 11 is 1.74. The maximum absolute atomic E-state index is 12.7. The van der Waals surface area contributed by atoms with E-state index in [1.807, 2.05) is 26.0 Å². The number of nitrogens with two attached hydrogens (primary N) is 1. The Hall–Kier alpha value is -2.86. The summed E-state index contributed by atoms with van der Waals surface area (Å²) in [7, 11) is 0. The second-order valence-corrected chi connectivity index (χ2v) is 7.37. The summed E-state index contributed by atoms with van der Waals surface area (Å²) in [5, 5.41) is 2.07. The first-order valence-corrected chi connectivity index (χ1v) is 9.59. The van der Waals surface area contributed by atoms with Gasteiger partial charge in [0.1, 0.15) is 5.75 Å². The number of primary amides is 1. The number of para-hydroxylation sites is 1. The second kappa shape index (κ2) is 8.22. The topological polar surface area (TPSA) is 74.3 Å². The summed E-state index contributed by atoms with van der Waals surface area (Å²) in [4.78, 5) is 25.4. The molecule has 0 aliphatic heterocycles. The van der Waals surface area contributed by atoms with Gasteiger partial charge in [0.15, 0.2) is 6.61 Å². The van der Waals surface area contributed by atoms with Gasteiger partial charge in [0, 0.05) is 28.4 Å². The number of ether oxygens (including phenoxy) is 1. The standard InChI is InChI=1S/C21H22N2O3S/c1-14-12-18(15(2)23(14)10-9-16-6-5-11-27-16)19(24)13-26-20-8-4-3-7-17(20)21(22)25/h3-8,11-12H,9-10,13H2,1-2H3,(H2,22,25). The molecule has 6 heteroatoms. The highest BCUT2D eigenvalue weighted by molar-refractivity contribution is 7.09. The number of rotatable bonds is 8. The molecule has 2 N–H and O–H groups in total. The molecule has 5 nitrogen and oxygen atoms in total. The van der Waals surface area contributed by atoms with E-state index >= 15 is 0 Å². The third kappa shape index (κ3) is 4.28. The van der Waals surface area contributed by atoms with Gasteiger partial charge in [0.2, 0.25) is 5.78 Å². The van der Waals surface area contributed by atoms with E-state index in [9.17, 15) is 9.59 Å². The Morgan fingerprint density at radius 1 is 1.11 bits per heavy atom. The molecule has 140 valence electrons. The van der Waals surface area contributed by atoms with E-state index < -0.39 is 5.91 Å². The zero-order valence-electron chi connectivity index (χ0n) is 15.4.